The van der Waals surface area contributed by atoms with Crippen molar-refractivity contribution < 1.29 is 9.53 Å². The number of carbonyl (C=O) groups is 1. The molecule has 0 radical (unpaired) electrons. The Labute approximate surface area is 146 Å². The zero-order chi connectivity index (χ0) is 16.1. The minimum absolute atomic E-state index is 0.174. The van der Waals surface area contributed by atoms with Crippen molar-refractivity contribution in [2.75, 3.05) is 0 Å². The number of benzene rings is 1. The fourth-order valence-electron chi connectivity index (χ4n) is 1.95. The van der Waals surface area contributed by atoms with Gasteiger partial charge in [0.05, 0.1) is 12.1 Å². The Kier molecular flexibility index (Phi) is 5.15. The van der Waals surface area contributed by atoms with Crippen molar-refractivity contribution >= 4 is 33.2 Å². The summed E-state index contributed by atoms with van der Waals surface area (Å²) in [5, 5.41) is 2.73. The van der Waals surface area contributed by atoms with Crippen LogP contribution in [0.1, 0.15) is 11.3 Å². The lowest BCUT2D eigenvalue weighted by atomic mass is 10.2. The second-order valence-corrected chi connectivity index (χ2v) is 6.62. The summed E-state index contributed by atoms with van der Waals surface area (Å²) in [5.41, 5.74) is 2.62. The van der Waals surface area contributed by atoms with Gasteiger partial charge in [-0.3, -0.25) is 9.78 Å². The maximum atomic E-state index is 11.9. The average molecular weight is 389 g/mol. The van der Waals surface area contributed by atoms with Crippen LogP contribution < -0.4 is 0 Å². The SMILES string of the molecule is O=C(Cc1csc(-c2cccnc2)n1)OCc1ccc(Br)cc1. The predicted molar refractivity (Wildman–Crippen MR) is 93.0 cm³/mol. The summed E-state index contributed by atoms with van der Waals surface area (Å²) in [6.45, 7) is 0.270. The van der Waals surface area contributed by atoms with Crippen molar-refractivity contribution in [2.24, 2.45) is 0 Å². The summed E-state index contributed by atoms with van der Waals surface area (Å²) in [6, 6.07) is 11.5. The molecule has 0 aliphatic heterocycles. The molecular formula is C17H13BrN2O2S. The van der Waals surface area contributed by atoms with Crippen LogP contribution in [-0.4, -0.2) is 15.9 Å². The quantitative estimate of drug-likeness (QED) is 0.612. The van der Waals surface area contributed by atoms with Crippen LogP contribution in [-0.2, 0) is 22.6 Å². The van der Waals surface area contributed by atoms with Crippen molar-refractivity contribution in [3.05, 3.63) is 69.9 Å². The molecule has 1 aromatic carbocycles. The second-order valence-electron chi connectivity index (χ2n) is 4.85. The summed E-state index contributed by atoms with van der Waals surface area (Å²) in [7, 11) is 0. The number of halogens is 1. The standard InChI is InChI=1S/C17H13BrN2O2S/c18-14-5-3-12(4-6-14)10-22-16(21)8-15-11-23-17(20-15)13-2-1-7-19-9-13/h1-7,9,11H,8,10H2. The van der Waals surface area contributed by atoms with E-state index < -0.39 is 0 Å². The van der Waals surface area contributed by atoms with E-state index in [0.29, 0.717) is 0 Å². The third kappa shape index (κ3) is 4.46. The molecule has 0 aliphatic rings. The van der Waals surface area contributed by atoms with Gasteiger partial charge in [-0.1, -0.05) is 28.1 Å². The van der Waals surface area contributed by atoms with E-state index in [9.17, 15) is 4.79 Å². The molecule has 4 nitrogen and oxygen atoms in total. The Morgan fingerprint density at radius 3 is 2.78 bits per heavy atom. The first-order chi connectivity index (χ1) is 11.2. The molecule has 23 heavy (non-hydrogen) atoms. The lowest BCUT2D eigenvalue weighted by Gasteiger charge is -2.04. The molecule has 116 valence electrons. The van der Waals surface area contributed by atoms with E-state index >= 15 is 0 Å². The van der Waals surface area contributed by atoms with Gasteiger partial charge in [0.15, 0.2) is 0 Å². The Balaban J connectivity index is 1.56. The topological polar surface area (TPSA) is 52.1 Å². The van der Waals surface area contributed by atoms with Crippen LogP contribution in [0.15, 0.2) is 58.6 Å². The summed E-state index contributed by atoms with van der Waals surface area (Å²) in [5.74, 6) is -0.282. The highest BCUT2D eigenvalue weighted by Gasteiger charge is 2.10. The average Bonchev–Trinajstić information content (AvgIpc) is 3.04. The van der Waals surface area contributed by atoms with Gasteiger partial charge in [0.1, 0.15) is 11.6 Å². The van der Waals surface area contributed by atoms with Crippen molar-refractivity contribution in [3.8, 4) is 10.6 Å². The number of carbonyl (C=O) groups excluding carboxylic acids is 1. The fraction of sp³-hybridized carbons (Fsp3) is 0.118. The molecule has 3 rings (SSSR count). The lowest BCUT2D eigenvalue weighted by Crippen LogP contribution is -2.08. The highest BCUT2D eigenvalue weighted by molar-refractivity contribution is 9.10. The van der Waals surface area contributed by atoms with Gasteiger partial charge in [0.25, 0.3) is 0 Å². The first kappa shape index (κ1) is 15.8. The largest absolute Gasteiger partial charge is 0.461 e. The molecule has 0 aliphatic carbocycles. The number of thiazole rings is 1. The van der Waals surface area contributed by atoms with E-state index in [2.05, 4.69) is 25.9 Å². The van der Waals surface area contributed by atoms with Gasteiger partial charge < -0.3 is 4.74 Å². The maximum absolute atomic E-state index is 11.9. The smallest absolute Gasteiger partial charge is 0.312 e. The van der Waals surface area contributed by atoms with Crippen molar-refractivity contribution in [1.82, 2.24) is 9.97 Å². The van der Waals surface area contributed by atoms with Gasteiger partial charge in [0, 0.05) is 27.8 Å². The summed E-state index contributed by atoms with van der Waals surface area (Å²) < 4.78 is 6.28. The monoisotopic (exact) mass is 388 g/mol. The van der Waals surface area contributed by atoms with Gasteiger partial charge in [-0.2, -0.15) is 0 Å². The Bertz CT molecular complexity index is 788. The van der Waals surface area contributed by atoms with Gasteiger partial charge in [-0.25, -0.2) is 4.98 Å². The molecule has 0 saturated heterocycles. The summed E-state index contributed by atoms with van der Waals surface area (Å²) in [6.07, 6.45) is 3.65. The van der Waals surface area contributed by atoms with Crippen LogP contribution in [0.25, 0.3) is 10.6 Å². The molecule has 0 atom stereocenters. The fourth-order valence-corrected chi connectivity index (χ4v) is 3.03. The third-order valence-corrected chi connectivity index (χ3v) is 4.57. The molecule has 0 amide bonds. The first-order valence-electron chi connectivity index (χ1n) is 6.95. The molecule has 0 saturated carbocycles. The molecule has 3 aromatic rings. The first-order valence-corrected chi connectivity index (χ1v) is 8.63. The highest BCUT2D eigenvalue weighted by Crippen LogP contribution is 2.23. The molecule has 0 bridgehead atoms. The number of rotatable bonds is 5. The van der Waals surface area contributed by atoms with Crippen LogP contribution in [0.2, 0.25) is 0 Å². The van der Waals surface area contributed by atoms with Crippen LogP contribution in [0.5, 0.6) is 0 Å². The number of pyridine rings is 1. The number of esters is 1. The van der Waals surface area contributed by atoms with E-state index in [1.165, 1.54) is 11.3 Å². The normalized spacial score (nSPS) is 10.5. The zero-order valence-electron chi connectivity index (χ0n) is 12.1. The van der Waals surface area contributed by atoms with E-state index in [0.717, 1.165) is 26.3 Å². The molecule has 0 N–H and O–H groups in total. The maximum Gasteiger partial charge on any atom is 0.312 e. The van der Waals surface area contributed by atoms with Gasteiger partial charge in [-0.15, -0.1) is 11.3 Å². The van der Waals surface area contributed by atoms with Crippen LogP contribution >= 0.6 is 27.3 Å². The second kappa shape index (κ2) is 7.48. The van der Waals surface area contributed by atoms with Gasteiger partial charge in [-0.05, 0) is 29.8 Å². The minimum atomic E-state index is -0.282. The molecule has 0 fully saturated rings. The number of aromatic nitrogens is 2. The predicted octanol–water partition coefficient (Wildman–Crippen LogP) is 4.25. The van der Waals surface area contributed by atoms with E-state index in [4.69, 9.17) is 4.74 Å². The Morgan fingerprint density at radius 1 is 1.22 bits per heavy atom. The number of hydrogen-bond acceptors (Lipinski definition) is 5. The number of nitrogens with zero attached hydrogens (tertiary/aromatic N) is 2. The van der Waals surface area contributed by atoms with Crippen molar-refractivity contribution in [1.29, 1.82) is 0 Å². The number of ether oxygens (including phenoxy) is 1. The minimum Gasteiger partial charge on any atom is -0.461 e. The molecule has 0 unspecified atom stereocenters. The third-order valence-electron chi connectivity index (χ3n) is 3.10. The van der Waals surface area contributed by atoms with Crippen LogP contribution in [0.4, 0.5) is 0 Å². The van der Waals surface area contributed by atoms with E-state index in [-0.39, 0.29) is 19.0 Å². The van der Waals surface area contributed by atoms with Gasteiger partial charge in [0.2, 0.25) is 0 Å². The lowest BCUT2D eigenvalue weighted by molar-refractivity contribution is -0.144. The Hall–Kier alpha value is -2.05. The van der Waals surface area contributed by atoms with Crippen LogP contribution in [0.3, 0.4) is 0 Å². The van der Waals surface area contributed by atoms with E-state index in [1.807, 2.05) is 41.8 Å². The molecule has 0 spiro atoms. The van der Waals surface area contributed by atoms with Gasteiger partial charge >= 0.3 is 5.97 Å². The molecule has 2 aromatic heterocycles. The molecule has 2 heterocycles. The molecular weight excluding hydrogens is 376 g/mol. The summed E-state index contributed by atoms with van der Waals surface area (Å²) in [4.78, 5) is 20.4. The summed E-state index contributed by atoms with van der Waals surface area (Å²) >= 11 is 4.87. The number of hydrogen-bond donors (Lipinski definition) is 0. The zero-order valence-corrected chi connectivity index (χ0v) is 14.5. The van der Waals surface area contributed by atoms with Crippen LogP contribution in [0, 0.1) is 0 Å². The van der Waals surface area contributed by atoms with E-state index in [1.54, 1.807) is 12.4 Å². The Morgan fingerprint density at radius 2 is 2.04 bits per heavy atom. The van der Waals surface area contributed by atoms with Crippen molar-refractivity contribution in [2.45, 2.75) is 13.0 Å². The van der Waals surface area contributed by atoms with Crippen molar-refractivity contribution in [3.63, 3.8) is 0 Å². The molecule has 6 heteroatoms. The highest BCUT2D eigenvalue weighted by atomic mass is 79.9.